The van der Waals surface area contributed by atoms with E-state index in [1.54, 1.807) is 22.5 Å². The number of rotatable bonds is 2. The molecule has 0 aromatic heterocycles. The van der Waals surface area contributed by atoms with Crippen molar-refractivity contribution in [3.05, 3.63) is 23.8 Å². The number of benzene rings is 1. The van der Waals surface area contributed by atoms with Gasteiger partial charge in [-0.15, -0.1) is 0 Å². The number of nitrogens with zero attached hydrogens (tertiary/aromatic N) is 1. The van der Waals surface area contributed by atoms with Crippen molar-refractivity contribution in [2.75, 3.05) is 18.8 Å². The van der Waals surface area contributed by atoms with Crippen LogP contribution in [0.25, 0.3) is 0 Å². The summed E-state index contributed by atoms with van der Waals surface area (Å²) in [6.45, 7) is 9.55. The van der Waals surface area contributed by atoms with Crippen molar-refractivity contribution in [2.24, 2.45) is 11.3 Å². The molecule has 0 bridgehead atoms. The molecule has 0 amide bonds. The SMILES string of the molecule is Cc1ccc(S(=O)(=O)N2CCC(C(C)(C)C)C2)c(N)c1. The molecule has 20 heavy (non-hydrogen) atoms. The third-order valence-electron chi connectivity index (χ3n) is 4.16. The molecule has 1 aliphatic rings. The summed E-state index contributed by atoms with van der Waals surface area (Å²) in [6, 6.07) is 5.12. The first-order chi connectivity index (χ1) is 9.12. The van der Waals surface area contributed by atoms with Gasteiger partial charge in [0.1, 0.15) is 4.90 Å². The molecule has 0 aliphatic carbocycles. The molecule has 2 rings (SSSR count). The summed E-state index contributed by atoms with van der Waals surface area (Å²) < 4.78 is 26.9. The number of sulfonamides is 1. The van der Waals surface area contributed by atoms with Crippen LogP contribution >= 0.6 is 0 Å². The zero-order valence-electron chi connectivity index (χ0n) is 12.7. The Bertz CT molecular complexity index is 603. The summed E-state index contributed by atoms with van der Waals surface area (Å²) in [5.74, 6) is 0.393. The van der Waals surface area contributed by atoms with Crippen LogP contribution in [0.5, 0.6) is 0 Å². The Kier molecular flexibility index (Phi) is 3.86. The van der Waals surface area contributed by atoms with Gasteiger partial charge < -0.3 is 5.73 Å². The van der Waals surface area contributed by atoms with Gasteiger partial charge in [0, 0.05) is 13.1 Å². The standard InChI is InChI=1S/C15H24N2O2S/c1-11-5-6-14(13(16)9-11)20(18,19)17-8-7-12(10-17)15(2,3)4/h5-6,9,12H,7-8,10,16H2,1-4H3. The van der Waals surface area contributed by atoms with Gasteiger partial charge in [0.15, 0.2) is 0 Å². The Balaban J connectivity index is 2.28. The van der Waals surface area contributed by atoms with E-state index < -0.39 is 10.0 Å². The average Bonchev–Trinajstić information content (AvgIpc) is 2.77. The highest BCUT2D eigenvalue weighted by molar-refractivity contribution is 7.89. The maximum atomic E-state index is 12.7. The summed E-state index contributed by atoms with van der Waals surface area (Å²) in [5, 5.41) is 0. The summed E-state index contributed by atoms with van der Waals surface area (Å²) in [7, 11) is -3.47. The van der Waals surface area contributed by atoms with E-state index >= 15 is 0 Å². The molecule has 1 unspecified atom stereocenters. The zero-order chi connectivity index (χ0) is 15.1. The fraction of sp³-hybridized carbons (Fsp3) is 0.600. The van der Waals surface area contributed by atoms with Gasteiger partial charge in [-0.2, -0.15) is 4.31 Å². The van der Waals surface area contributed by atoms with Gasteiger partial charge in [-0.25, -0.2) is 8.42 Å². The molecular weight excluding hydrogens is 272 g/mol. The Morgan fingerprint density at radius 3 is 2.45 bits per heavy atom. The molecule has 1 fully saturated rings. The van der Waals surface area contributed by atoms with Crippen LogP contribution in [0.15, 0.2) is 23.1 Å². The summed E-state index contributed by atoms with van der Waals surface area (Å²) >= 11 is 0. The molecule has 4 nitrogen and oxygen atoms in total. The lowest BCUT2D eigenvalue weighted by Gasteiger charge is -2.27. The first-order valence-corrected chi connectivity index (χ1v) is 8.42. The second-order valence-corrected chi connectivity index (χ2v) is 8.66. The highest BCUT2D eigenvalue weighted by atomic mass is 32.2. The Morgan fingerprint density at radius 2 is 1.95 bits per heavy atom. The van der Waals surface area contributed by atoms with Crippen molar-refractivity contribution in [2.45, 2.75) is 39.0 Å². The van der Waals surface area contributed by atoms with Crippen LogP contribution in [-0.4, -0.2) is 25.8 Å². The molecule has 2 N–H and O–H groups in total. The lowest BCUT2D eigenvalue weighted by molar-refractivity contribution is 0.252. The number of aryl methyl sites for hydroxylation is 1. The smallest absolute Gasteiger partial charge is 0.245 e. The minimum Gasteiger partial charge on any atom is -0.398 e. The van der Waals surface area contributed by atoms with E-state index in [0.717, 1.165) is 12.0 Å². The lowest BCUT2D eigenvalue weighted by Crippen LogP contribution is -2.31. The molecule has 1 aliphatic heterocycles. The van der Waals surface area contributed by atoms with Gasteiger partial charge in [-0.1, -0.05) is 26.8 Å². The largest absolute Gasteiger partial charge is 0.398 e. The lowest BCUT2D eigenvalue weighted by atomic mass is 9.80. The highest BCUT2D eigenvalue weighted by Gasteiger charge is 2.38. The van der Waals surface area contributed by atoms with Gasteiger partial charge >= 0.3 is 0 Å². The molecule has 5 heteroatoms. The molecule has 1 aromatic carbocycles. The van der Waals surface area contributed by atoms with Crippen molar-refractivity contribution < 1.29 is 8.42 Å². The van der Waals surface area contributed by atoms with E-state index in [2.05, 4.69) is 20.8 Å². The van der Waals surface area contributed by atoms with Crippen LogP contribution in [0.2, 0.25) is 0 Å². The summed E-state index contributed by atoms with van der Waals surface area (Å²) in [6.07, 6.45) is 0.911. The molecule has 0 spiro atoms. The van der Waals surface area contributed by atoms with Crippen LogP contribution in [-0.2, 0) is 10.0 Å². The van der Waals surface area contributed by atoms with Crippen molar-refractivity contribution in [3.8, 4) is 0 Å². The minimum absolute atomic E-state index is 0.128. The van der Waals surface area contributed by atoms with Crippen LogP contribution in [0.4, 0.5) is 5.69 Å². The molecule has 1 heterocycles. The number of hydrogen-bond donors (Lipinski definition) is 1. The monoisotopic (exact) mass is 296 g/mol. The molecule has 1 atom stereocenters. The average molecular weight is 296 g/mol. The van der Waals surface area contributed by atoms with Crippen LogP contribution < -0.4 is 5.73 Å². The Morgan fingerprint density at radius 1 is 1.30 bits per heavy atom. The summed E-state index contributed by atoms with van der Waals surface area (Å²) in [4.78, 5) is 0.234. The van der Waals surface area contributed by atoms with Crippen LogP contribution in [0.3, 0.4) is 0 Å². The fourth-order valence-electron chi connectivity index (χ4n) is 2.70. The van der Waals surface area contributed by atoms with E-state index in [-0.39, 0.29) is 10.3 Å². The molecule has 1 aromatic rings. The highest BCUT2D eigenvalue weighted by Crippen LogP contribution is 2.36. The Hall–Kier alpha value is -1.07. The van der Waals surface area contributed by atoms with E-state index in [1.165, 1.54) is 0 Å². The first-order valence-electron chi connectivity index (χ1n) is 6.98. The molecule has 0 radical (unpaired) electrons. The molecule has 1 saturated heterocycles. The maximum absolute atomic E-state index is 12.7. The fourth-order valence-corrected chi connectivity index (χ4v) is 4.29. The Labute approximate surface area is 122 Å². The minimum atomic E-state index is -3.47. The number of nitrogens with two attached hydrogens (primary N) is 1. The summed E-state index contributed by atoms with van der Waals surface area (Å²) in [5.41, 5.74) is 7.32. The van der Waals surface area contributed by atoms with Crippen molar-refractivity contribution in [1.29, 1.82) is 0 Å². The second-order valence-electron chi connectivity index (χ2n) is 6.76. The maximum Gasteiger partial charge on any atom is 0.245 e. The predicted octanol–water partition coefficient (Wildman–Crippen LogP) is 2.63. The van der Waals surface area contributed by atoms with E-state index in [4.69, 9.17) is 5.73 Å². The molecular formula is C15H24N2O2S. The van der Waals surface area contributed by atoms with Crippen LogP contribution in [0.1, 0.15) is 32.8 Å². The van der Waals surface area contributed by atoms with E-state index in [9.17, 15) is 8.42 Å². The van der Waals surface area contributed by atoms with Crippen LogP contribution in [0, 0.1) is 18.3 Å². The van der Waals surface area contributed by atoms with Gasteiger partial charge in [0.25, 0.3) is 0 Å². The van der Waals surface area contributed by atoms with Crippen molar-refractivity contribution >= 4 is 15.7 Å². The topological polar surface area (TPSA) is 63.4 Å². The molecule has 112 valence electrons. The van der Waals surface area contributed by atoms with Crippen molar-refractivity contribution in [1.82, 2.24) is 4.31 Å². The second kappa shape index (κ2) is 5.04. The number of hydrogen-bond acceptors (Lipinski definition) is 3. The van der Waals surface area contributed by atoms with E-state index in [0.29, 0.717) is 24.7 Å². The van der Waals surface area contributed by atoms with Gasteiger partial charge in [-0.05, 0) is 42.4 Å². The number of anilines is 1. The van der Waals surface area contributed by atoms with Gasteiger partial charge in [0.2, 0.25) is 10.0 Å². The van der Waals surface area contributed by atoms with E-state index in [1.807, 2.05) is 6.92 Å². The quantitative estimate of drug-likeness (QED) is 0.853. The van der Waals surface area contributed by atoms with Gasteiger partial charge in [0.05, 0.1) is 5.69 Å². The number of nitrogen functional groups attached to an aromatic ring is 1. The normalized spacial score (nSPS) is 21.3. The third kappa shape index (κ3) is 2.83. The third-order valence-corrected chi connectivity index (χ3v) is 6.10. The predicted molar refractivity (Wildman–Crippen MR) is 81.9 cm³/mol. The van der Waals surface area contributed by atoms with Crippen molar-refractivity contribution in [3.63, 3.8) is 0 Å². The molecule has 0 saturated carbocycles. The zero-order valence-corrected chi connectivity index (χ0v) is 13.5. The van der Waals surface area contributed by atoms with Gasteiger partial charge in [-0.3, -0.25) is 0 Å². The first kappa shape index (κ1) is 15.3.